The monoisotopic (exact) mass is 340 g/mol. The largest absolute Gasteiger partial charge is 0.497 e. The highest BCUT2D eigenvalue weighted by atomic mass is 79.9. The van der Waals surface area contributed by atoms with Gasteiger partial charge in [0.25, 0.3) is 5.91 Å². The third-order valence-electron chi connectivity index (χ3n) is 3.77. The van der Waals surface area contributed by atoms with Gasteiger partial charge in [-0.15, -0.1) is 0 Å². The molecule has 0 unspecified atom stereocenters. The summed E-state index contributed by atoms with van der Waals surface area (Å²) in [6.45, 7) is 5.06. The smallest absolute Gasteiger partial charge is 0.251 e. The van der Waals surface area contributed by atoms with Gasteiger partial charge >= 0.3 is 0 Å². The lowest BCUT2D eigenvalue weighted by atomic mass is 10.2. The molecule has 1 aliphatic rings. The third kappa shape index (κ3) is 3.73. The summed E-state index contributed by atoms with van der Waals surface area (Å²) in [7, 11) is 1.60. The molecule has 1 heterocycles. The fraction of sp³-hybridized carbons (Fsp3) is 0.533. The Kier molecular flexibility index (Phi) is 5.43. The van der Waals surface area contributed by atoms with E-state index in [-0.39, 0.29) is 5.91 Å². The summed E-state index contributed by atoms with van der Waals surface area (Å²) in [5.41, 5.74) is 0.622. The molecule has 1 aromatic carbocycles. The van der Waals surface area contributed by atoms with E-state index in [0.717, 1.165) is 24.0 Å². The number of benzene rings is 1. The Hall–Kier alpha value is -1.07. The number of methoxy groups -OCH3 is 1. The molecule has 0 spiro atoms. The summed E-state index contributed by atoms with van der Waals surface area (Å²) in [4.78, 5) is 14.6. The van der Waals surface area contributed by atoms with Crippen molar-refractivity contribution >= 4 is 21.8 Å². The van der Waals surface area contributed by atoms with E-state index in [4.69, 9.17) is 4.74 Å². The summed E-state index contributed by atoms with van der Waals surface area (Å²) in [5, 5.41) is 3.03. The number of ether oxygens (including phenoxy) is 1. The molecule has 1 N–H and O–H groups in total. The lowest BCUT2D eigenvalue weighted by Gasteiger charge is -2.22. The minimum absolute atomic E-state index is 0.0486. The van der Waals surface area contributed by atoms with E-state index in [1.807, 2.05) is 12.1 Å². The second-order valence-electron chi connectivity index (χ2n) is 5.01. The SMILES string of the molecule is CCN1CCC[C@H]1CNC(=O)c1cc(Br)cc(OC)c1. The normalized spacial score (nSPS) is 19.1. The van der Waals surface area contributed by atoms with Crippen LogP contribution in [0.5, 0.6) is 5.75 Å². The van der Waals surface area contributed by atoms with E-state index in [1.54, 1.807) is 13.2 Å². The molecule has 0 radical (unpaired) electrons. The zero-order chi connectivity index (χ0) is 14.5. The molecule has 0 bridgehead atoms. The van der Waals surface area contributed by atoms with E-state index >= 15 is 0 Å². The Bertz CT molecular complexity index is 479. The van der Waals surface area contributed by atoms with Crippen LogP contribution in [0.25, 0.3) is 0 Å². The lowest BCUT2D eigenvalue weighted by molar-refractivity contribution is 0.0941. The van der Waals surface area contributed by atoms with Crippen molar-refractivity contribution < 1.29 is 9.53 Å². The van der Waals surface area contributed by atoms with Crippen LogP contribution >= 0.6 is 15.9 Å². The summed E-state index contributed by atoms with van der Waals surface area (Å²) >= 11 is 3.39. The lowest BCUT2D eigenvalue weighted by Crippen LogP contribution is -2.40. The predicted molar refractivity (Wildman–Crippen MR) is 83.3 cm³/mol. The minimum Gasteiger partial charge on any atom is -0.497 e. The van der Waals surface area contributed by atoms with Crippen molar-refractivity contribution in [2.24, 2.45) is 0 Å². The van der Waals surface area contributed by atoms with Gasteiger partial charge in [0, 0.05) is 22.6 Å². The topological polar surface area (TPSA) is 41.6 Å². The second kappa shape index (κ2) is 7.09. The van der Waals surface area contributed by atoms with Crippen molar-refractivity contribution in [2.45, 2.75) is 25.8 Å². The van der Waals surface area contributed by atoms with Gasteiger partial charge in [-0.3, -0.25) is 9.69 Å². The number of carbonyl (C=O) groups excluding carboxylic acids is 1. The number of halogens is 1. The number of likely N-dealkylation sites (tertiary alicyclic amines) is 1. The van der Waals surface area contributed by atoms with Gasteiger partial charge in [-0.05, 0) is 44.1 Å². The van der Waals surface area contributed by atoms with E-state index in [2.05, 4.69) is 33.1 Å². The van der Waals surface area contributed by atoms with Crippen LogP contribution in [0.3, 0.4) is 0 Å². The maximum absolute atomic E-state index is 12.2. The zero-order valence-corrected chi connectivity index (χ0v) is 13.6. The third-order valence-corrected chi connectivity index (χ3v) is 4.23. The molecule has 4 nitrogen and oxygen atoms in total. The highest BCUT2D eigenvalue weighted by Crippen LogP contribution is 2.21. The van der Waals surface area contributed by atoms with E-state index in [1.165, 1.54) is 6.42 Å². The Morgan fingerprint density at radius 1 is 1.50 bits per heavy atom. The first-order valence-electron chi connectivity index (χ1n) is 7.01. The number of amides is 1. The standard InChI is InChI=1S/C15H21BrN2O2/c1-3-18-6-4-5-13(18)10-17-15(19)11-7-12(16)9-14(8-11)20-2/h7-9,13H,3-6,10H2,1-2H3,(H,17,19)/t13-/m0/s1. The number of likely N-dealkylation sites (N-methyl/N-ethyl adjacent to an activating group) is 1. The van der Waals surface area contributed by atoms with Crippen LogP contribution in [0.2, 0.25) is 0 Å². The summed E-state index contributed by atoms with van der Waals surface area (Å²) in [6.07, 6.45) is 2.38. The molecule has 20 heavy (non-hydrogen) atoms. The molecule has 1 saturated heterocycles. The van der Waals surface area contributed by atoms with Crippen LogP contribution in [0.1, 0.15) is 30.1 Å². The van der Waals surface area contributed by atoms with Gasteiger partial charge in [-0.1, -0.05) is 22.9 Å². The van der Waals surface area contributed by atoms with Crippen molar-refractivity contribution in [1.82, 2.24) is 10.2 Å². The van der Waals surface area contributed by atoms with Crippen molar-refractivity contribution in [3.05, 3.63) is 28.2 Å². The molecule has 2 rings (SSSR count). The quantitative estimate of drug-likeness (QED) is 0.895. The molecule has 1 fully saturated rings. The van der Waals surface area contributed by atoms with Crippen LogP contribution < -0.4 is 10.1 Å². The number of nitrogens with zero attached hydrogens (tertiary/aromatic N) is 1. The Labute approximate surface area is 128 Å². The second-order valence-corrected chi connectivity index (χ2v) is 5.93. The molecular weight excluding hydrogens is 320 g/mol. The van der Waals surface area contributed by atoms with E-state index < -0.39 is 0 Å². The first-order valence-corrected chi connectivity index (χ1v) is 7.80. The average molecular weight is 341 g/mol. The molecule has 1 amide bonds. The van der Waals surface area contributed by atoms with Crippen LogP contribution in [-0.4, -0.2) is 43.6 Å². The van der Waals surface area contributed by atoms with E-state index in [9.17, 15) is 4.79 Å². The highest BCUT2D eigenvalue weighted by Gasteiger charge is 2.23. The molecule has 1 atom stereocenters. The van der Waals surface area contributed by atoms with Gasteiger partial charge in [-0.2, -0.15) is 0 Å². The number of hydrogen-bond acceptors (Lipinski definition) is 3. The van der Waals surface area contributed by atoms with Gasteiger partial charge in [0.2, 0.25) is 0 Å². The van der Waals surface area contributed by atoms with Crippen LogP contribution in [-0.2, 0) is 0 Å². The number of rotatable bonds is 5. The van der Waals surface area contributed by atoms with Crippen molar-refractivity contribution in [1.29, 1.82) is 0 Å². The molecule has 110 valence electrons. The predicted octanol–water partition coefficient (Wildman–Crippen LogP) is 2.67. The number of hydrogen-bond donors (Lipinski definition) is 1. The summed E-state index contributed by atoms with van der Waals surface area (Å²) < 4.78 is 6.03. The fourth-order valence-electron chi connectivity index (χ4n) is 2.67. The summed E-state index contributed by atoms with van der Waals surface area (Å²) in [5.74, 6) is 0.633. The average Bonchev–Trinajstić information content (AvgIpc) is 2.91. The maximum Gasteiger partial charge on any atom is 0.251 e. The van der Waals surface area contributed by atoms with Gasteiger partial charge < -0.3 is 10.1 Å². The molecule has 1 aliphatic heterocycles. The Morgan fingerprint density at radius 2 is 2.30 bits per heavy atom. The van der Waals surface area contributed by atoms with Crippen LogP contribution in [0.15, 0.2) is 22.7 Å². The van der Waals surface area contributed by atoms with Crippen molar-refractivity contribution in [3.8, 4) is 5.75 Å². The molecule has 5 heteroatoms. The number of carbonyl (C=O) groups is 1. The molecule has 1 aromatic rings. The minimum atomic E-state index is -0.0486. The van der Waals surface area contributed by atoms with Gasteiger partial charge in [0.05, 0.1) is 7.11 Å². The first kappa shape index (κ1) is 15.3. The van der Waals surface area contributed by atoms with E-state index in [0.29, 0.717) is 23.9 Å². The Morgan fingerprint density at radius 3 is 3.00 bits per heavy atom. The zero-order valence-electron chi connectivity index (χ0n) is 12.0. The van der Waals surface area contributed by atoms with Crippen LogP contribution in [0.4, 0.5) is 0 Å². The summed E-state index contributed by atoms with van der Waals surface area (Å²) in [6, 6.07) is 5.88. The highest BCUT2D eigenvalue weighted by molar-refractivity contribution is 9.10. The molecule has 0 saturated carbocycles. The van der Waals surface area contributed by atoms with Crippen LogP contribution in [0, 0.1) is 0 Å². The molecule has 0 aliphatic carbocycles. The number of nitrogens with one attached hydrogen (secondary N) is 1. The molecular formula is C15H21BrN2O2. The maximum atomic E-state index is 12.2. The Balaban J connectivity index is 1.96. The fourth-order valence-corrected chi connectivity index (χ4v) is 3.14. The van der Waals surface area contributed by atoms with Gasteiger partial charge in [0.1, 0.15) is 5.75 Å². The first-order chi connectivity index (χ1) is 9.63. The van der Waals surface area contributed by atoms with Crippen molar-refractivity contribution in [3.63, 3.8) is 0 Å². The van der Waals surface area contributed by atoms with Gasteiger partial charge in [-0.25, -0.2) is 0 Å². The van der Waals surface area contributed by atoms with Gasteiger partial charge in [0.15, 0.2) is 0 Å². The van der Waals surface area contributed by atoms with Crippen molar-refractivity contribution in [2.75, 3.05) is 26.7 Å². The molecule has 0 aromatic heterocycles.